The van der Waals surface area contributed by atoms with E-state index in [0.717, 1.165) is 5.52 Å². The minimum absolute atomic E-state index is 0.353. The summed E-state index contributed by atoms with van der Waals surface area (Å²) in [5.74, 6) is 0.353. The minimum atomic E-state index is 0.353. The number of pyridine rings is 1. The Morgan fingerprint density at radius 3 is 3.14 bits per heavy atom. The molecule has 74 valence electrons. The number of halogens is 1. The summed E-state index contributed by atoms with van der Waals surface area (Å²) in [6, 6.07) is 4.08. The molecule has 0 radical (unpaired) electrons. The molecule has 14 heavy (non-hydrogen) atoms. The van der Waals surface area contributed by atoms with E-state index in [4.69, 9.17) is 17.3 Å². The Morgan fingerprint density at radius 2 is 2.43 bits per heavy atom. The van der Waals surface area contributed by atoms with Gasteiger partial charge in [-0.15, -0.1) is 0 Å². The van der Waals surface area contributed by atoms with E-state index in [1.165, 1.54) is 5.56 Å². The second-order valence-corrected chi connectivity index (χ2v) is 3.78. The number of rotatable bonds is 2. The summed E-state index contributed by atoms with van der Waals surface area (Å²) >= 11 is 5.93. The van der Waals surface area contributed by atoms with Crippen molar-refractivity contribution < 1.29 is 0 Å². The van der Waals surface area contributed by atoms with Crippen molar-refractivity contribution in [1.29, 1.82) is 0 Å². The fourth-order valence-corrected chi connectivity index (χ4v) is 1.61. The number of nitrogens with two attached hydrogens (primary N) is 1. The zero-order chi connectivity index (χ0) is 10.1. The third kappa shape index (κ3) is 1.49. The van der Waals surface area contributed by atoms with Crippen LogP contribution >= 0.6 is 11.6 Å². The van der Waals surface area contributed by atoms with Crippen LogP contribution in [-0.2, 0) is 0 Å². The van der Waals surface area contributed by atoms with Gasteiger partial charge in [-0.1, -0.05) is 18.5 Å². The summed E-state index contributed by atoms with van der Waals surface area (Å²) < 4.78 is 1.90. The van der Waals surface area contributed by atoms with Crippen molar-refractivity contribution in [3.63, 3.8) is 0 Å². The number of nitrogens with zero attached hydrogens (tertiary/aromatic N) is 2. The Bertz CT molecular complexity index is 450. The van der Waals surface area contributed by atoms with Crippen molar-refractivity contribution in [2.24, 2.45) is 5.73 Å². The van der Waals surface area contributed by atoms with E-state index in [1.54, 1.807) is 6.33 Å². The lowest BCUT2D eigenvalue weighted by Gasteiger charge is -2.08. The van der Waals surface area contributed by atoms with Gasteiger partial charge in [0.25, 0.3) is 0 Å². The van der Waals surface area contributed by atoms with Gasteiger partial charge in [-0.2, -0.15) is 0 Å². The standard InChI is InChI=1S/C10H12ClN3/c1-7(5-12)8-2-3-14-6-13-10(11)9(14)4-8/h2-4,6-7H,5,12H2,1H3. The molecule has 2 N–H and O–H groups in total. The maximum atomic E-state index is 5.93. The summed E-state index contributed by atoms with van der Waals surface area (Å²) in [5.41, 5.74) is 7.74. The highest BCUT2D eigenvalue weighted by molar-refractivity contribution is 6.32. The van der Waals surface area contributed by atoms with Crippen LogP contribution in [0.25, 0.3) is 5.52 Å². The van der Waals surface area contributed by atoms with Gasteiger partial charge in [0.05, 0.1) is 5.52 Å². The van der Waals surface area contributed by atoms with Gasteiger partial charge in [-0.05, 0) is 30.2 Å². The number of fused-ring (bicyclic) bond motifs is 1. The summed E-state index contributed by atoms with van der Waals surface area (Å²) in [6.45, 7) is 2.73. The molecule has 0 fully saturated rings. The highest BCUT2D eigenvalue weighted by Gasteiger charge is 2.06. The number of hydrogen-bond donors (Lipinski definition) is 1. The van der Waals surface area contributed by atoms with E-state index in [0.29, 0.717) is 17.6 Å². The molecule has 0 spiro atoms. The average Bonchev–Trinajstić information content (AvgIpc) is 2.59. The summed E-state index contributed by atoms with van der Waals surface area (Å²) in [6.07, 6.45) is 3.66. The molecule has 3 nitrogen and oxygen atoms in total. The largest absolute Gasteiger partial charge is 0.330 e. The number of imidazole rings is 1. The molecule has 0 aromatic carbocycles. The quantitative estimate of drug-likeness (QED) is 0.823. The molecular formula is C10H12ClN3. The average molecular weight is 210 g/mol. The maximum absolute atomic E-state index is 5.93. The van der Waals surface area contributed by atoms with E-state index in [1.807, 2.05) is 22.7 Å². The van der Waals surface area contributed by atoms with Gasteiger partial charge in [0.2, 0.25) is 0 Å². The van der Waals surface area contributed by atoms with Crippen LogP contribution in [0, 0.1) is 0 Å². The number of hydrogen-bond acceptors (Lipinski definition) is 2. The first-order chi connectivity index (χ1) is 6.72. The third-order valence-corrected chi connectivity index (χ3v) is 2.73. The molecule has 1 unspecified atom stereocenters. The molecule has 2 rings (SSSR count). The minimum Gasteiger partial charge on any atom is -0.330 e. The van der Waals surface area contributed by atoms with Gasteiger partial charge >= 0.3 is 0 Å². The first-order valence-electron chi connectivity index (χ1n) is 4.54. The van der Waals surface area contributed by atoms with Crippen LogP contribution in [0.5, 0.6) is 0 Å². The third-order valence-electron chi connectivity index (χ3n) is 2.44. The Hall–Kier alpha value is -1.06. The Labute approximate surface area is 87.5 Å². The van der Waals surface area contributed by atoms with Gasteiger partial charge in [0, 0.05) is 6.20 Å². The van der Waals surface area contributed by atoms with Crippen molar-refractivity contribution >= 4 is 17.1 Å². The van der Waals surface area contributed by atoms with Crippen molar-refractivity contribution in [1.82, 2.24) is 9.38 Å². The van der Waals surface area contributed by atoms with E-state index in [9.17, 15) is 0 Å². The molecule has 0 aliphatic rings. The lowest BCUT2D eigenvalue weighted by atomic mass is 10.0. The van der Waals surface area contributed by atoms with E-state index in [-0.39, 0.29) is 0 Å². The first-order valence-corrected chi connectivity index (χ1v) is 4.92. The van der Waals surface area contributed by atoms with E-state index >= 15 is 0 Å². The molecule has 4 heteroatoms. The normalized spacial score (nSPS) is 13.4. The highest BCUT2D eigenvalue weighted by Crippen LogP contribution is 2.20. The summed E-state index contributed by atoms with van der Waals surface area (Å²) in [5, 5.41) is 0.538. The van der Waals surface area contributed by atoms with E-state index < -0.39 is 0 Å². The predicted molar refractivity (Wildman–Crippen MR) is 57.7 cm³/mol. The summed E-state index contributed by atoms with van der Waals surface area (Å²) in [4.78, 5) is 4.02. The molecule has 0 bridgehead atoms. The zero-order valence-electron chi connectivity index (χ0n) is 7.94. The van der Waals surface area contributed by atoms with Crippen molar-refractivity contribution in [2.45, 2.75) is 12.8 Å². The maximum Gasteiger partial charge on any atom is 0.154 e. The van der Waals surface area contributed by atoms with Crippen LogP contribution in [0.1, 0.15) is 18.4 Å². The van der Waals surface area contributed by atoms with Crippen molar-refractivity contribution in [3.8, 4) is 0 Å². The lowest BCUT2D eigenvalue weighted by molar-refractivity contribution is 0.773. The fraction of sp³-hybridized carbons (Fsp3) is 0.300. The van der Waals surface area contributed by atoms with Gasteiger partial charge in [0.1, 0.15) is 6.33 Å². The SMILES string of the molecule is CC(CN)c1ccn2cnc(Cl)c2c1. The van der Waals surface area contributed by atoms with Crippen LogP contribution < -0.4 is 5.73 Å². The molecule has 2 aromatic heterocycles. The molecule has 2 heterocycles. The summed E-state index contributed by atoms with van der Waals surface area (Å²) in [7, 11) is 0. The second kappa shape index (κ2) is 3.59. The second-order valence-electron chi connectivity index (χ2n) is 3.42. The first kappa shape index (κ1) is 9.49. The van der Waals surface area contributed by atoms with E-state index in [2.05, 4.69) is 11.9 Å². The molecule has 0 aliphatic heterocycles. The molecule has 0 amide bonds. The topological polar surface area (TPSA) is 43.3 Å². The smallest absolute Gasteiger partial charge is 0.154 e. The van der Waals surface area contributed by atoms with Crippen LogP contribution in [0.15, 0.2) is 24.7 Å². The van der Waals surface area contributed by atoms with Gasteiger partial charge in [0.15, 0.2) is 5.15 Å². The van der Waals surface area contributed by atoms with Crippen LogP contribution in [0.2, 0.25) is 5.15 Å². The van der Waals surface area contributed by atoms with Crippen molar-refractivity contribution in [2.75, 3.05) is 6.54 Å². The zero-order valence-corrected chi connectivity index (χ0v) is 8.70. The molecule has 1 atom stereocenters. The number of aromatic nitrogens is 2. The Morgan fingerprint density at radius 1 is 1.64 bits per heavy atom. The molecule has 0 saturated heterocycles. The lowest BCUT2D eigenvalue weighted by Crippen LogP contribution is -2.08. The van der Waals surface area contributed by atoms with Gasteiger partial charge in [-0.3, -0.25) is 0 Å². The molecule has 2 aromatic rings. The van der Waals surface area contributed by atoms with Crippen molar-refractivity contribution in [3.05, 3.63) is 35.4 Å². The Kier molecular flexibility index (Phi) is 2.44. The molecular weight excluding hydrogens is 198 g/mol. The van der Waals surface area contributed by atoms with Crippen LogP contribution in [-0.4, -0.2) is 15.9 Å². The van der Waals surface area contributed by atoms with Crippen LogP contribution in [0.3, 0.4) is 0 Å². The Balaban J connectivity index is 2.54. The van der Waals surface area contributed by atoms with Crippen LogP contribution in [0.4, 0.5) is 0 Å². The monoisotopic (exact) mass is 209 g/mol. The van der Waals surface area contributed by atoms with Gasteiger partial charge < -0.3 is 10.1 Å². The fourth-order valence-electron chi connectivity index (χ4n) is 1.42. The molecule has 0 aliphatic carbocycles. The predicted octanol–water partition coefficient (Wildman–Crippen LogP) is 2.05. The van der Waals surface area contributed by atoms with Gasteiger partial charge in [-0.25, -0.2) is 4.98 Å². The molecule has 0 saturated carbocycles. The highest BCUT2D eigenvalue weighted by atomic mass is 35.5.